The minimum absolute atomic E-state index is 0.152. The van der Waals surface area contributed by atoms with E-state index in [4.69, 9.17) is 19.3 Å². The minimum atomic E-state index is -0.432. The average molecular weight is 701 g/mol. The van der Waals surface area contributed by atoms with Gasteiger partial charge in [0.05, 0.1) is 31.3 Å². The van der Waals surface area contributed by atoms with Gasteiger partial charge in [0, 0.05) is 53.0 Å². The molecule has 4 aromatic carbocycles. The number of nitrogens with zero attached hydrogens (tertiary/aromatic N) is 4. The zero-order chi connectivity index (χ0) is 36.6. The molecule has 2 heterocycles. The average Bonchev–Trinajstić information content (AvgIpc) is 3.58. The molecule has 0 aliphatic rings. The number of ether oxygens (including phenoxy) is 3. The second kappa shape index (κ2) is 15.9. The van der Waals surface area contributed by atoms with E-state index in [1.807, 2.05) is 75.4 Å². The van der Waals surface area contributed by atoms with Gasteiger partial charge in [0.25, 0.3) is 5.91 Å². The Hall–Kier alpha value is -6.63. The molecule has 0 spiro atoms. The molecule has 2 aromatic heterocycles. The lowest BCUT2D eigenvalue weighted by Gasteiger charge is -2.14. The molecule has 0 saturated carbocycles. The summed E-state index contributed by atoms with van der Waals surface area (Å²) in [7, 11) is 3.15. The van der Waals surface area contributed by atoms with Crippen LogP contribution in [0.1, 0.15) is 49.2 Å². The first kappa shape index (κ1) is 35.2. The first-order valence-corrected chi connectivity index (χ1v) is 16.8. The summed E-state index contributed by atoms with van der Waals surface area (Å²) in [6.45, 7) is 6.65. The van der Waals surface area contributed by atoms with Crippen molar-refractivity contribution in [2.75, 3.05) is 36.7 Å². The molecule has 3 amide bonds. The van der Waals surface area contributed by atoms with E-state index in [9.17, 15) is 9.59 Å². The number of nitrogens with one attached hydrogen (secondary N) is 4. The Bertz CT molecular complexity index is 2200. The second-order valence-corrected chi connectivity index (χ2v) is 12.1. The Morgan fingerprint density at radius 3 is 2.35 bits per heavy atom. The number of carbonyl (C=O) groups excluding carboxylic acids is 2. The van der Waals surface area contributed by atoms with Crippen LogP contribution in [-0.2, 0) is 0 Å². The Morgan fingerprint density at radius 1 is 0.846 bits per heavy atom. The second-order valence-electron chi connectivity index (χ2n) is 12.1. The Kier molecular flexibility index (Phi) is 10.8. The van der Waals surface area contributed by atoms with Gasteiger partial charge >= 0.3 is 6.03 Å². The van der Waals surface area contributed by atoms with E-state index < -0.39 is 6.03 Å². The molecule has 266 valence electrons. The van der Waals surface area contributed by atoms with E-state index in [0.717, 1.165) is 34.3 Å². The number of carbonyl (C=O) groups is 2. The highest BCUT2D eigenvalue weighted by Gasteiger charge is 2.17. The minimum Gasteiger partial charge on any atom is -0.497 e. The van der Waals surface area contributed by atoms with E-state index in [1.54, 1.807) is 54.4 Å². The Labute approximate surface area is 301 Å². The van der Waals surface area contributed by atoms with Crippen molar-refractivity contribution < 1.29 is 23.8 Å². The molecular formula is C39H40N8O5. The third kappa shape index (κ3) is 8.21. The van der Waals surface area contributed by atoms with Gasteiger partial charge in [-0.2, -0.15) is 10.1 Å². The number of rotatable bonds is 13. The Balaban J connectivity index is 1.20. The van der Waals surface area contributed by atoms with Gasteiger partial charge in [-0.25, -0.2) is 14.5 Å². The van der Waals surface area contributed by atoms with E-state index in [2.05, 4.69) is 31.2 Å². The number of hydrogen-bond donors (Lipinski definition) is 4. The monoisotopic (exact) mass is 700 g/mol. The maximum atomic E-state index is 13.4. The summed E-state index contributed by atoms with van der Waals surface area (Å²) in [5.41, 5.74) is 3.22. The molecule has 52 heavy (non-hydrogen) atoms. The zero-order valence-electron chi connectivity index (χ0n) is 29.6. The number of aromatic nitrogens is 4. The number of fused-ring (bicyclic) bond motifs is 1. The van der Waals surface area contributed by atoms with E-state index in [1.165, 1.54) is 7.11 Å². The molecule has 0 bridgehead atoms. The molecule has 0 radical (unpaired) electrons. The van der Waals surface area contributed by atoms with Crippen molar-refractivity contribution >= 4 is 45.9 Å². The summed E-state index contributed by atoms with van der Waals surface area (Å²) in [4.78, 5) is 34.9. The predicted molar refractivity (Wildman–Crippen MR) is 202 cm³/mol. The fraction of sp³-hybridized carbons (Fsp3) is 0.205. The maximum Gasteiger partial charge on any atom is 0.324 e. The summed E-state index contributed by atoms with van der Waals surface area (Å²) < 4.78 is 18.7. The van der Waals surface area contributed by atoms with Gasteiger partial charge in [-0.3, -0.25) is 10.1 Å². The van der Waals surface area contributed by atoms with Crippen molar-refractivity contribution in [3.8, 4) is 28.8 Å². The topological polar surface area (TPSA) is 154 Å². The van der Waals surface area contributed by atoms with Crippen LogP contribution in [0.15, 0.2) is 97.2 Å². The molecule has 6 rings (SSSR count). The number of benzene rings is 4. The lowest BCUT2D eigenvalue weighted by atomic mass is 10.1. The lowest BCUT2D eigenvalue weighted by Crippen LogP contribution is -2.24. The predicted octanol–water partition coefficient (Wildman–Crippen LogP) is 8.28. The van der Waals surface area contributed by atoms with Crippen molar-refractivity contribution in [1.82, 2.24) is 25.1 Å². The van der Waals surface area contributed by atoms with Crippen LogP contribution in [0.25, 0.3) is 16.5 Å². The van der Waals surface area contributed by atoms with Crippen molar-refractivity contribution in [2.45, 2.75) is 33.1 Å². The molecule has 13 heteroatoms. The number of anilines is 4. The molecule has 4 N–H and O–H groups in total. The van der Waals surface area contributed by atoms with Gasteiger partial charge < -0.3 is 30.2 Å². The number of hydrogen-bond acceptors (Lipinski definition) is 9. The van der Waals surface area contributed by atoms with Crippen LogP contribution < -0.4 is 35.5 Å². The van der Waals surface area contributed by atoms with E-state index in [-0.39, 0.29) is 23.7 Å². The van der Waals surface area contributed by atoms with Crippen LogP contribution in [0, 0.1) is 0 Å². The number of urea groups is 1. The molecule has 0 aliphatic carbocycles. The molecule has 0 atom stereocenters. The zero-order valence-corrected chi connectivity index (χ0v) is 29.6. The first-order chi connectivity index (χ1) is 25.2. The van der Waals surface area contributed by atoms with E-state index in [0.29, 0.717) is 40.8 Å². The molecule has 6 aromatic rings. The number of methoxy groups -OCH3 is 2. The molecule has 0 saturated heterocycles. The van der Waals surface area contributed by atoms with Crippen molar-refractivity contribution in [3.05, 3.63) is 108 Å². The van der Waals surface area contributed by atoms with E-state index >= 15 is 0 Å². The highest BCUT2D eigenvalue weighted by Crippen LogP contribution is 2.35. The van der Waals surface area contributed by atoms with Gasteiger partial charge in [-0.05, 0) is 60.9 Å². The van der Waals surface area contributed by atoms with Crippen LogP contribution in [0.5, 0.6) is 23.1 Å². The third-order valence-electron chi connectivity index (χ3n) is 8.05. The lowest BCUT2D eigenvalue weighted by molar-refractivity contribution is 0.0953. The normalized spacial score (nSPS) is 10.9. The fourth-order valence-corrected chi connectivity index (χ4v) is 5.39. The first-order valence-electron chi connectivity index (χ1n) is 16.8. The van der Waals surface area contributed by atoms with Crippen LogP contribution in [0.2, 0.25) is 0 Å². The molecule has 0 fully saturated rings. The summed E-state index contributed by atoms with van der Waals surface area (Å²) in [5.74, 6) is 2.78. The summed E-state index contributed by atoms with van der Waals surface area (Å²) >= 11 is 0. The molecule has 0 unspecified atom stereocenters. The SMILES string of the molecule is CCCNC(=O)c1cc(Nc2nccc(Oc3ccc(NC(=O)Nc4cc(C(C)C)nn4-c4ccc(OC)cc4)c4ccccc34)n2)cc(OC)c1. The van der Waals surface area contributed by atoms with Crippen molar-refractivity contribution in [2.24, 2.45) is 0 Å². The highest BCUT2D eigenvalue weighted by atomic mass is 16.5. The largest absolute Gasteiger partial charge is 0.497 e. The quantitative estimate of drug-likeness (QED) is 0.0932. The third-order valence-corrected chi connectivity index (χ3v) is 8.05. The smallest absolute Gasteiger partial charge is 0.324 e. The molecule has 13 nitrogen and oxygen atoms in total. The molecular weight excluding hydrogens is 660 g/mol. The summed E-state index contributed by atoms with van der Waals surface area (Å²) in [5, 5.41) is 18.2. The van der Waals surface area contributed by atoms with Crippen molar-refractivity contribution in [1.29, 1.82) is 0 Å². The van der Waals surface area contributed by atoms with Crippen LogP contribution in [0.4, 0.5) is 27.9 Å². The Morgan fingerprint density at radius 2 is 1.62 bits per heavy atom. The number of amides is 3. The summed E-state index contributed by atoms with van der Waals surface area (Å²) in [6.07, 6.45) is 2.40. The van der Waals surface area contributed by atoms with Crippen LogP contribution in [0.3, 0.4) is 0 Å². The maximum absolute atomic E-state index is 13.4. The van der Waals surface area contributed by atoms with Crippen LogP contribution in [-0.4, -0.2) is 52.5 Å². The van der Waals surface area contributed by atoms with Gasteiger partial charge in [0.15, 0.2) is 0 Å². The highest BCUT2D eigenvalue weighted by molar-refractivity contribution is 6.07. The standard InChI is InChI=1S/C39H40N8O5/c1-6-18-40-37(48)25-20-26(22-29(21-25)51-5)42-38-41-19-17-36(45-38)52-34-16-15-32(30-9-7-8-10-31(30)34)43-39(49)44-35-23-33(24(2)3)46-47(35)27-11-13-28(50-4)14-12-27/h7-17,19-24H,6,18H2,1-5H3,(H,40,48)(H,41,42,45)(H2,43,44,49). The van der Waals surface area contributed by atoms with Gasteiger partial charge in [-0.1, -0.05) is 45.0 Å². The van der Waals surface area contributed by atoms with Gasteiger partial charge in [0.1, 0.15) is 23.1 Å². The van der Waals surface area contributed by atoms with Crippen LogP contribution >= 0.6 is 0 Å². The molecule has 0 aliphatic heterocycles. The summed E-state index contributed by atoms with van der Waals surface area (Å²) in [6, 6.07) is 26.8. The van der Waals surface area contributed by atoms with Gasteiger partial charge in [-0.15, -0.1) is 0 Å². The fourth-order valence-electron chi connectivity index (χ4n) is 5.39. The van der Waals surface area contributed by atoms with Crippen molar-refractivity contribution in [3.63, 3.8) is 0 Å². The van der Waals surface area contributed by atoms with Gasteiger partial charge in [0.2, 0.25) is 11.8 Å².